The minimum Gasteiger partial charge on any atom is -0.382 e. The van der Waals surface area contributed by atoms with E-state index >= 15 is 33.6 Å². The number of halogens is 5. The van der Waals surface area contributed by atoms with Gasteiger partial charge in [-0.1, -0.05) is 65.5 Å². The second-order valence-corrected chi connectivity index (χ2v) is 34.1. The highest BCUT2D eigenvalue weighted by atomic mass is 35.5. The summed E-state index contributed by atoms with van der Waals surface area (Å²) >= 11 is 13.3. The van der Waals surface area contributed by atoms with Crippen molar-refractivity contribution in [3.63, 3.8) is 0 Å². The molecule has 3 aliphatic heterocycles. The van der Waals surface area contributed by atoms with E-state index in [4.69, 9.17) is 32.7 Å². The summed E-state index contributed by atoms with van der Waals surface area (Å²) in [5.74, 6) is -10.9. The quantitative estimate of drug-likeness (QED) is 0.128. The molecule has 0 aromatic rings. The largest absolute Gasteiger partial charge is 0.391 e. The molecular formula is C76H119Cl2F3N12O14. The molecule has 3 N–H and O–H groups in total. The van der Waals surface area contributed by atoms with Crippen LogP contribution in [-0.2, 0) is 67.0 Å². The maximum atomic E-state index is 15.7. The van der Waals surface area contributed by atoms with Gasteiger partial charge in [-0.15, -0.1) is 23.2 Å². The fraction of sp³-hybridized carbons (Fsp3) is 0.816. The lowest BCUT2D eigenvalue weighted by molar-refractivity contribution is -0.184. The van der Waals surface area contributed by atoms with Gasteiger partial charge in [0, 0.05) is 94.0 Å². The van der Waals surface area contributed by atoms with Crippen molar-refractivity contribution < 1.29 is 80.2 Å². The van der Waals surface area contributed by atoms with Crippen molar-refractivity contribution in [1.29, 1.82) is 0 Å². The zero-order valence-corrected chi connectivity index (χ0v) is 66.6. The number of methoxy groups -OCH3 is 1. The zero-order chi connectivity index (χ0) is 78.9. The van der Waals surface area contributed by atoms with Crippen LogP contribution in [0.3, 0.4) is 0 Å². The third-order valence-electron chi connectivity index (χ3n) is 24.3. The molecule has 1 spiro atoms. The van der Waals surface area contributed by atoms with E-state index in [1.165, 1.54) is 85.8 Å². The molecule has 3 unspecified atom stereocenters. The van der Waals surface area contributed by atoms with Crippen LogP contribution in [0.5, 0.6) is 0 Å². The van der Waals surface area contributed by atoms with Gasteiger partial charge in [0.15, 0.2) is 0 Å². The van der Waals surface area contributed by atoms with Crippen LogP contribution >= 0.6 is 23.2 Å². The molecule has 3 heterocycles. The van der Waals surface area contributed by atoms with Gasteiger partial charge in [-0.25, -0.2) is 0 Å². The molecule has 2 bridgehead atoms. The minimum absolute atomic E-state index is 0.00755. The fourth-order valence-electron chi connectivity index (χ4n) is 17.2. The fourth-order valence-corrected chi connectivity index (χ4v) is 17.9. The lowest BCUT2D eigenvalue weighted by Gasteiger charge is -2.54. The smallest absolute Gasteiger partial charge is 0.382 e. The Morgan fingerprint density at radius 2 is 1.31 bits per heavy atom. The van der Waals surface area contributed by atoms with Gasteiger partial charge in [0.1, 0.15) is 60.4 Å². The first kappa shape index (κ1) is 86.3. The number of nitrogens with one attached hydrogen (secondary N) is 3. The molecule has 0 aromatic heterocycles. The molecule has 7 fully saturated rings. The van der Waals surface area contributed by atoms with Gasteiger partial charge in [-0.2, -0.15) is 13.2 Å². The van der Waals surface area contributed by atoms with Crippen LogP contribution < -0.4 is 16.0 Å². The number of ether oxygens (including phenoxy) is 2. The summed E-state index contributed by atoms with van der Waals surface area (Å²) in [6.45, 7) is 7.67. The van der Waals surface area contributed by atoms with Gasteiger partial charge in [-0.3, -0.25) is 57.5 Å². The second kappa shape index (κ2) is 37.1. The predicted molar refractivity (Wildman–Crippen MR) is 394 cm³/mol. The lowest BCUT2D eigenvalue weighted by atomic mass is 9.58. The number of nitrogens with zero attached hydrogens (tertiary/aromatic N) is 9. The predicted octanol–water partition coefficient (Wildman–Crippen LogP) is 5.87. The molecule has 8 aliphatic rings. The van der Waals surface area contributed by atoms with Gasteiger partial charge in [-0.05, 0) is 145 Å². The van der Waals surface area contributed by atoms with Crippen molar-refractivity contribution in [2.24, 2.45) is 35.0 Å². The number of fused-ring (bicyclic) bond motifs is 3. The Labute approximate surface area is 639 Å². The molecule has 0 aromatic carbocycles. The number of amides is 12. The number of carbonyl (C=O) groups is 12. The Hall–Kier alpha value is -6.33. The van der Waals surface area contributed by atoms with Gasteiger partial charge < -0.3 is 69.5 Å². The third-order valence-corrected chi connectivity index (χ3v) is 25.4. The van der Waals surface area contributed by atoms with Crippen LogP contribution in [0.1, 0.15) is 182 Å². The number of hydrogen-bond donors (Lipinski definition) is 3. The van der Waals surface area contributed by atoms with Crippen LogP contribution in [0.15, 0.2) is 12.2 Å². The molecule has 26 nitrogen and oxygen atoms in total. The van der Waals surface area contributed by atoms with Gasteiger partial charge in [0.2, 0.25) is 70.9 Å². The van der Waals surface area contributed by atoms with Crippen molar-refractivity contribution in [2.75, 3.05) is 95.8 Å². The van der Waals surface area contributed by atoms with Crippen molar-refractivity contribution in [3.8, 4) is 0 Å². The molecule has 5 aliphatic carbocycles. The standard InChI is InChI=1S/C76H119Cl2F3N12O14/c1-14-45(3)64-72(104)92(50-29-30-50)41-63(96)87(9)55-22-17-16-18-33-91(71(55)103)59(36-48-23-27-49(28-24-48)76(79,80)81)69(101)86(8)40-61(94)82-54(32-26-47-25-31-52(77)53(78)34-47)67(99)93-39-51(107-15-2)37-56(93)66(98)84-75(43-74(4,5)44-75)73(105)90(12)57(35-46-20-19-21-46)70(102)89(11)58(68(100)85(6)7)38-62(95)88(10)60(42-106-13)65(97)83-64/h16-17,45-60,64H,14-15,18-44H2,1-13H3,(H,82,94)(H,83,97)(H,84,98)/b17-16-/t45-,47?,48?,49?,51+,52?,53?,54-,55-,56-,57-,58-,59-,60-,64-/m0/s1. The van der Waals surface area contributed by atoms with Crippen LogP contribution in [0.25, 0.3) is 0 Å². The van der Waals surface area contributed by atoms with Crippen LogP contribution in [0.4, 0.5) is 13.2 Å². The Kier molecular flexibility index (Phi) is 29.9. The summed E-state index contributed by atoms with van der Waals surface area (Å²) in [4.78, 5) is 194. The molecule has 2 saturated heterocycles. The van der Waals surface area contributed by atoms with E-state index < -0.39 is 186 Å². The molecule has 5 saturated carbocycles. The Morgan fingerprint density at radius 1 is 0.664 bits per heavy atom. The van der Waals surface area contributed by atoms with Crippen LogP contribution in [0, 0.1) is 35.0 Å². The number of rotatable bonds is 15. The summed E-state index contributed by atoms with van der Waals surface area (Å²) < 4.78 is 54.2. The molecule has 13 atom stereocenters. The van der Waals surface area contributed by atoms with E-state index in [1.807, 2.05) is 20.8 Å². The monoisotopic (exact) mass is 1550 g/mol. The van der Waals surface area contributed by atoms with Gasteiger partial charge >= 0.3 is 6.18 Å². The van der Waals surface area contributed by atoms with Crippen molar-refractivity contribution in [2.45, 2.75) is 265 Å². The topological polar surface area (TPSA) is 289 Å². The van der Waals surface area contributed by atoms with Gasteiger partial charge in [0.05, 0.1) is 37.0 Å². The van der Waals surface area contributed by atoms with E-state index in [1.54, 1.807) is 26.0 Å². The Bertz CT molecular complexity index is 3240. The van der Waals surface area contributed by atoms with Crippen LogP contribution in [0.2, 0.25) is 0 Å². The highest BCUT2D eigenvalue weighted by Crippen LogP contribution is 2.50. The Balaban J connectivity index is 1.21. The lowest BCUT2D eigenvalue weighted by Crippen LogP contribution is -2.71. The summed E-state index contributed by atoms with van der Waals surface area (Å²) in [7, 11) is 11.2. The van der Waals surface area contributed by atoms with Crippen molar-refractivity contribution >= 4 is 94.1 Å². The van der Waals surface area contributed by atoms with Crippen molar-refractivity contribution in [3.05, 3.63) is 12.2 Å². The summed E-state index contributed by atoms with van der Waals surface area (Å²) in [5, 5.41) is 8.24. The van der Waals surface area contributed by atoms with E-state index in [0.29, 0.717) is 44.9 Å². The molecule has 602 valence electrons. The molecule has 107 heavy (non-hydrogen) atoms. The molecular weight excluding hydrogens is 1430 g/mol. The molecule has 8 rings (SSSR count). The number of hydrogen-bond acceptors (Lipinski definition) is 14. The highest BCUT2D eigenvalue weighted by molar-refractivity contribution is 6.30. The second-order valence-electron chi connectivity index (χ2n) is 33.0. The van der Waals surface area contributed by atoms with Crippen LogP contribution in [-0.4, -0.2) is 294 Å². The normalized spacial score (nSPS) is 32.3. The first-order valence-electron chi connectivity index (χ1n) is 38.8. The SMILES string of the molecule is CCO[C@@H]1C[C@H]2C(=O)NC3(CC(C)(C)C3)C(=O)N(C)[C@@H](CC3CCC3)C(=O)N(C)[C@H](C(=O)N(C)C)CC(=O)N(C)[C@@H](COC)C(=O)N[C@@H]([C@@H](C)CC)C(=O)N(C3CC3)CC(=O)N(C)[C@H]3C/C=C\CCN(C3=O)[C@@H](CC3CCC(C(F)(F)F)CC3)C(=O)N(C)CC(=O)N[C@@H](CCC3CCC(Cl)C(Cl)C3)C(=O)N2C1. The van der Waals surface area contributed by atoms with E-state index in [9.17, 15) is 37.1 Å². The number of likely N-dealkylation sites (N-methyl/N-ethyl adjacent to an activating group) is 6. The van der Waals surface area contributed by atoms with E-state index in [0.717, 1.165) is 34.0 Å². The summed E-state index contributed by atoms with van der Waals surface area (Å²) in [5.41, 5.74) is -2.14. The Morgan fingerprint density at radius 3 is 1.89 bits per heavy atom. The maximum absolute atomic E-state index is 15.7. The molecule has 31 heteroatoms. The number of carbonyl (C=O) groups excluding carboxylic acids is 12. The third kappa shape index (κ3) is 21.2. The highest BCUT2D eigenvalue weighted by Gasteiger charge is 2.59. The summed E-state index contributed by atoms with van der Waals surface area (Å²) in [6.07, 6.45) is 4.02. The summed E-state index contributed by atoms with van der Waals surface area (Å²) in [6, 6.07) is -11.1. The van der Waals surface area contributed by atoms with E-state index in [-0.39, 0.29) is 126 Å². The van der Waals surface area contributed by atoms with E-state index in [2.05, 4.69) is 16.0 Å². The van der Waals surface area contributed by atoms with Gasteiger partial charge in [0.25, 0.3) is 0 Å². The average molecular weight is 1550 g/mol. The molecule has 12 amide bonds. The zero-order valence-electron chi connectivity index (χ0n) is 65.1. The maximum Gasteiger partial charge on any atom is 0.391 e. The average Bonchev–Trinajstić information content (AvgIpc) is 1.57. The first-order valence-corrected chi connectivity index (χ1v) is 39.7. The number of alkyl halides is 5. The minimum atomic E-state index is -4.44. The first-order chi connectivity index (χ1) is 50.3. The van der Waals surface area contributed by atoms with Crippen molar-refractivity contribution in [1.82, 2.24) is 60.0 Å². The molecule has 0 radical (unpaired) electrons.